The number of hydrogen-bond acceptors (Lipinski definition) is 6. The second-order valence-corrected chi connectivity index (χ2v) is 8.45. The van der Waals surface area contributed by atoms with E-state index in [0.717, 1.165) is 6.42 Å². The summed E-state index contributed by atoms with van der Waals surface area (Å²) in [5, 5.41) is 3.15. The number of ether oxygens (including phenoxy) is 1. The third-order valence-electron chi connectivity index (χ3n) is 4.70. The van der Waals surface area contributed by atoms with Gasteiger partial charge in [-0.15, -0.1) is 0 Å². The van der Waals surface area contributed by atoms with Gasteiger partial charge in [-0.2, -0.15) is 4.31 Å². The zero-order valence-corrected chi connectivity index (χ0v) is 17.1. The van der Waals surface area contributed by atoms with Crippen molar-refractivity contribution < 1.29 is 17.9 Å². The van der Waals surface area contributed by atoms with Gasteiger partial charge in [-0.05, 0) is 24.6 Å². The number of amides is 1. The highest BCUT2D eigenvalue weighted by molar-refractivity contribution is 7.89. The fraction of sp³-hybridized carbons (Fsp3) is 0.611. The van der Waals surface area contributed by atoms with E-state index in [9.17, 15) is 13.2 Å². The number of nitrogens with zero attached hydrogens (tertiary/aromatic N) is 2. The van der Waals surface area contributed by atoms with Crippen LogP contribution >= 0.6 is 0 Å². The number of carbonyl (C=O) groups is 1. The summed E-state index contributed by atoms with van der Waals surface area (Å²) in [7, 11) is -2.05. The first kappa shape index (κ1) is 21.6. The Morgan fingerprint density at radius 1 is 1.37 bits per heavy atom. The van der Waals surface area contributed by atoms with E-state index in [1.807, 2.05) is 0 Å². The van der Waals surface area contributed by atoms with Gasteiger partial charge in [-0.1, -0.05) is 13.8 Å². The molecule has 0 spiro atoms. The molecule has 0 aliphatic carbocycles. The van der Waals surface area contributed by atoms with Crippen LogP contribution in [0.15, 0.2) is 23.1 Å². The third kappa shape index (κ3) is 4.98. The predicted molar refractivity (Wildman–Crippen MR) is 105 cm³/mol. The van der Waals surface area contributed by atoms with Crippen molar-refractivity contribution in [3.8, 4) is 0 Å². The summed E-state index contributed by atoms with van der Waals surface area (Å²) < 4.78 is 32.1. The number of hydrogen-bond donors (Lipinski definition) is 2. The molecule has 3 N–H and O–H groups in total. The Morgan fingerprint density at radius 3 is 2.63 bits per heavy atom. The molecule has 0 bridgehead atoms. The van der Waals surface area contributed by atoms with Crippen molar-refractivity contribution in [1.82, 2.24) is 9.21 Å². The summed E-state index contributed by atoms with van der Waals surface area (Å²) in [5.41, 5.74) is 6.86. The van der Waals surface area contributed by atoms with Gasteiger partial charge in [0.2, 0.25) is 10.0 Å². The highest BCUT2D eigenvalue weighted by Crippen LogP contribution is 2.25. The Morgan fingerprint density at radius 2 is 2.07 bits per heavy atom. The molecule has 0 unspecified atom stereocenters. The number of rotatable bonds is 9. The Kier molecular flexibility index (Phi) is 7.60. The zero-order valence-electron chi connectivity index (χ0n) is 16.3. The normalized spacial score (nSPS) is 17.5. The molecular weight excluding hydrogens is 368 g/mol. The van der Waals surface area contributed by atoms with Crippen molar-refractivity contribution in [2.24, 2.45) is 5.73 Å². The number of sulfonamides is 1. The highest BCUT2D eigenvalue weighted by atomic mass is 32.2. The van der Waals surface area contributed by atoms with Crippen LogP contribution in [0.25, 0.3) is 0 Å². The largest absolute Gasteiger partial charge is 0.383 e. The van der Waals surface area contributed by atoms with E-state index in [2.05, 4.69) is 5.32 Å². The van der Waals surface area contributed by atoms with Gasteiger partial charge in [0.05, 0.1) is 17.1 Å². The Hall–Kier alpha value is -1.68. The molecule has 2 rings (SSSR count). The highest BCUT2D eigenvalue weighted by Gasteiger charge is 2.29. The first-order chi connectivity index (χ1) is 12.8. The van der Waals surface area contributed by atoms with Crippen molar-refractivity contribution in [1.29, 1.82) is 0 Å². The van der Waals surface area contributed by atoms with Gasteiger partial charge < -0.3 is 20.7 Å². The quantitative estimate of drug-likeness (QED) is 0.600. The maximum absolute atomic E-state index is 13.0. The lowest BCUT2D eigenvalue weighted by molar-refractivity contribution is 0.0791. The first-order valence-corrected chi connectivity index (χ1v) is 10.7. The molecule has 0 aromatic heterocycles. The van der Waals surface area contributed by atoms with Crippen LogP contribution in [-0.4, -0.2) is 76.0 Å². The van der Waals surface area contributed by atoms with Crippen molar-refractivity contribution in [2.45, 2.75) is 31.2 Å². The lowest BCUT2D eigenvalue weighted by Crippen LogP contribution is -2.33. The van der Waals surface area contributed by atoms with Crippen molar-refractivity contribution in [2.75, 3.05) is 51.8 Å². The van der Waals surface area contributed by atoms with Crippen molar-refractivity contribution in [3.63, 3.8) is 0 Å². The van der Waals surface area contributed by atoms with E-state index in [0.29, 0.717) is 50.6 Å². The van der Waals surface area contributed by atoms with Crippen LogP contribution in [-0.2, 0) is 14.8 Å². The smallest absolute Gasteiger partial charge is 0.256 e. The van der Waals surface area contributed by atoms with Crippen LogP contribution in [0.3, 0.4) is 0 Å². The standard InChI is InChI=1S/C18H30N4O4S/c1-4-22(5-2)27(24,25)15-6-7-17(20-9-11-26-3)16(12-15)18(23)21-10-8-14(19)13-21/h6-7,12,14,20H,4-5,8-11,13,19H2,1-3H3/t14-/m1/s1. The minimum Gasteiger partial charge on any atom is -0.383 e. The molecule has 0 radical (unpaired) electrons. The van der Waals surface area contributed by atoms with E-state index in [4.69, 9.17) is 10.5 Å². The van der Waals surface area contributed by atoms with Crippen LogP contribution < -0.4 is 11.1 Å². The molecule has 1 fully saturated rings. The summed E-state index contributed by atoms with van der Waals surface area (Å²) >= 11 is 0. The lowest BCUT2D eigenvalue weighted by Gasteiger charge is -2.22. The molecule has 1 aromatic carbocycles. The van der Waals surface area contributed by atoms with Crippen LogP contribution in [0.1, 0.15) is 30.6 Å². The van der Waals surface area contributed by atoms with Gasteiger partial charge in [0.15, 0.2) is 0 Å². The maximum atomic E-state index is 13.0. The molecular formula is C18H30N4O4S. The number of methoxy groups -OCH3 is 1. The lowest BCUT2D eigenvalue weighted by atomic mass is 10.1. The molecule has 1 atom stereocenters. The van der Waals surface area contributed by atoms with Crippen LogP contribution in [0.2, 0.25) is 0 Å². The Labute approximate surface area is 161 Å². The molecule has 27 heavy (non-hydrogen) atoms. The molecule has 1 aromatic rings. The number of carbonyl (C=O) groups excluding carboxylic acids is 1. The molecule has 152 valence electrons. The van der Waals surface area contributed by atoms with Gasteiger partial charge in [0.1, 0.15) is 0 Å². The van der Waals surface area contributed by atoms with E-state index < -0.39 is 10.0 Å². The summed E-state index contributed by atoms with van der Waals surface area (Å²) in [6, 6.07) is 4.61. The first-order valence-electron chi connectivity index (χ1n) is 9.27. The number of benzene rings is 1. The predicted octanol–water partition coefficient (Wildman–Crippen LogP) is 0.949. The maximum Gasteiger partial charge on any atom is 0.256 e. The van der Waals surface area contributed by atoms with Gasteiger partial charge in [-0.3, -0.25) is 4.79 Å². The topological polar surface area (TPSA) is 105 Å². The monoisotopic (exact) mass is 398 g/mol. The average Bonchev–Trinajstić information content (AvgIpc) is 3.08. The van der Waals surface area contributed by atoms with Gasteiger partial charge in [0, 0.05) is 51.6 Å². The second-order valence-electron chi connectivity index (χ2n) is 6.52. The molecule has 1 aliphatic heterocycles. The minimum absolute atomic E-state index is 0.0403. The molecule has 9 heteroatoms. The molecule has 8 nitrogen and oxygen atoms in total. The van der Waals surface area contributed by atoms with Crippen LogP contribution in [0, 0.1) is 0 Å². The Bertz CT molecular complexity index is 750. The van der Waals surface area contributed by atoms with E-state index in [1.165, 1.54) is 16.4 Å². The second kappa shape index (κ2) is 9.50. The minimum atomic E-state index is -3.65. The van der Waals surface area contributed by atoms with E-state index in [1.54, 1.807) is 31.9 Å². The third-order valence-corrected chi connectivity index (χ3v) is 6.74. The molecule has 1 heterocycles. The zero-order chi connectivity index (χ0) is 20.0. The summed E-state index contributed by atoms with van der Waals surface area (Å²) in [6.45, 7) is 6.36. The Balaban J connectivity index is 2.41. The number of likely N-dealkylation sites (tertiary alicyclic amines) is 1. The van der Waals surface area contributed by atoms with Gasteiger partial charge in [0.25, 0.3) is 5.91 Å². The van der Waals surface area contributed by atoms with E-state index >= 15 is 0 Å². The molecule has 1 saturated heterocycles. The molecule has 1 aliphatic rings. The van der Waals surface area contributed by atoms with Gasteiger partial charge >= 0.3 is 0 Å². The summed E-state index contributed by atoms with van der Waals surface area (Å²) in [6.07, 6.45) is 0.746. The number of nitrogens with two attached hydrogens (primary N) is 1. The van der Waals surface area contributed by atoms with Crippen LogP contribution in [0.4, 0.5) is 5.69 Å². The molecule has 1 amide bonds. The summed E-state index contributed by atoms with van der Waals surface area (Å²) in [5.74, 6) is -0.209. The SMILES string of the molecule is CCN(CC)S(=O)(=O)c1ccc(NCCOC)c(C(=O)N2CC[C@@H](N)C2)c1. The van der Waals surface area contributed by atoms with Gasteiger partial charge in [-0.25, -0.2) is 8.42 Å². The van der Waals surface area contributed by atoms with Crippen molar-refractivity contribution in [3.05, 3.63) is 23.8 Å². The van der Waals surface area contributed by atoms with E-state index in [-0.39, 0.29) is 16.8 Å². The summed E-state index contributed by atoms with van der Waals surface area (Å²) in [4.78, 5) is 14.8. The van der Waals surface area contributed by atoms with Crippen molar-refractivity contribution >= 4 is 21.6 Å². The fourth-order valence-corrected chi connectivity index (χ4v) is 4.64. The average molecular weight is 399 g/mol. The van der Waals surface area contributed by atoms with Crippen LogP contribution in [0.5, 0.6) is 0 Å². The number of nitrogens with one attached hydrogen (secondary N) is 1. The molecule has 0 saturated carbocycles. The number of anilines is 1. The fourth-order valence-electron chi connectivity index (χ4n) is 3.16.